The smallest absolute Gasteiger partial charge is 0.408 e. The molecule has 1 fully saturated rings. The number of rotatable bonds is 5. The number of benzene rings is 1. The van der Waals surface area contributed by atoms with Crippen LogP contribution in [0.2, 0.25) is 0 Å². The van der Waals surface area contributed by atoms with E-state index in [-0.39, 0.29) is 17.4 Å². The fourth-order valence-corrected chi connectivity index (χ4v) is 3.60. The first kappa shape index (κ1) is 17.4. The summed E-state index contributed by atoms with van der Waals surface area (Å²) in [4.78, 5) is 24.3. The lowest BCUT2D eigenvalue weighted by Crippen LogP contribution is -2.55. The number of carbonyl (C=O) groups is 2. The van der Waals surface area contributed by atoms with Crippen LogP contribution in [0.25, 0.3) is 0 Å². The SMILES string of the molecule is CCOC(=O)/C=C1/SC(C)(C)[C@@H]1NC(=O)OCc1ccccc1. The predicted octanol–water partition coefficient (Wildman–Crippen LogP) is 3.25. The van der Waals surface area contributed by atoms with E-state index in [1.165, 1.54) is 17.8 Å². The van der Waals surface area contributed by atoms with Crippen LogP contribution in [-0.4, -0.2) is 29.5 Å². The lowest BCUT2D eigenvalue weighted by Gasteiger charge is -2.45. The number of ether oxygens (including phenoxy) is 2. The summed E-state index contributed by atoms with van der Waals surface area (Å²) in [7, 11) is 0. The van der Waals surface area contributed by atoms with E-state index in [4.69, 9.17) is 9.47 Å². The van der Waals surface area contributed by atoms with Gasteiger partial charge in [0.2, 0.25) is 0 Å². The van der Waals surface area contributed by atoms with Gasteiger partial charge in [-0.05, 0) is 26.3 Å². The molecule has 1 aromatic rings. The average Bonchev–Trinajstić information content (AvgIpc) is 2.51. The zero-order valence-corrected chi connectivity index (χ0v) is 14.3. The van der Waals surface area contributed by atoms with E-state index < -0.39 is 12.1 Å². The van der Waals surface area contributed by atoms with Crippen LogP contribution >= 0.6 is 11.8 Å². The number of nitrogens with one attached hydrogen (secondary N) is 1. The molecule has 1 aliphatic rings. The summed E-state index contributed by atoms with van der Waals surface area (Å²) in [6.07, 6.45) is 0.934. The number of hydrogen-bond donors (Lipinski definition) is 1. The van der Waals surface area contributed by atoms with Crippen LogP contribution in [0, 0.1) is 0 Å². The first-order valence-corrected chi connectivity index (χ1v) is 8.28. The topological polar surface area (TPSA) is 64.6 Å². The van der Waals surface area contributed by atoms with Gasteiger partial charge in [-0.3, -0.25) is 0 Å². The molecule has 1 N–H and O–H groups in total. The summed E-state index contributed by atoms with van der Waals surface area (Å²) >= 11 is 1.54. The molecular weight excluding hydrogens is 314 g/mol. The second-order valence-electron chi connectivity index (χ2n) is 5.64. The van der Waals surface area contributed by atoms with E-state index in [1.54, 1.807) is 6.92 Å². The molecule has 0 radical (unpaired) electrons. The molecule has 1 heterocycles. The van der Waals surface area contributed by atoms with Gasteiger partial charge < -0.3 is 14.8 Å². The van der Waals surface area contributed by atoms with E-state index in [2.05, 4.69) is 5.32 Å². The molecule has 1 saturated heterocycles. The van der Waals surface area contributed by atoms with Gasteiger partial charge in [-0.25, -0.2) is 9.59 Å². The minimum atomic E-state index is -0.498. The maximum absolute atomic E-state index is 12.0. The van der Waals surface area contributed by atoms with Crippen molar-refractivity contribution in [1.29, 1.82) is 0 Å². The monoisotopic (exact) mass is 335 g/mol. The molecule has 124 valence electrons. The largest absolute Gasteiger partial charge is 0.463 e. The van der Waals surface area contributed by atoms with Crippen molar-refractivity contribution in [3.05, 3.63) is 46.9 Å². The third-order valence-corrected chi connectivity index (χ3v) is 4.73. The van der Waals surface area contributed by atoms with Crippen LogP contribution in [0.5, 0.6) is 0 Å². The van der Waals surface area contributed by atoms with Crippen molar-refractivity contribution in [2.75, 3.05) is 6.61 Å². The molecular formula is C17H21NO4S. The van der Waals surface area contributed by atoms with Crippen molar-refractivity contribution in [1.82, 2.24) is 5.32 Å². The Kier molecular flexibility index (Phi) is 5.71. The van der Waals surface area contributed by atoms with Crippen LogP contribution in [-0.2, 0) is 20.9 Å². The third-order valence-electron chi connectivity index (χ3n) is 3.38. The minimum absolute atomic E-state index is 0.190. The maximum atomic E-state index is 12.0. The summed E-state index contributed by atoms with van der Waals surface area (Å²) < 4.78 is 9.94. The Bertz CT molecular complexity index is 598. The van der Waals surface area contributed by atoms with Crippen LogP contribution in [0.3, 0.4) is 0 Å². The van der Waals surface area contributed by atoms with Gasteiger partial charge in [0, 0.05) is 15.7 Å². The number of thioether (sulfide) groups is 1. The number of amides is 1. The summed E-state index contributed by atoms with van der Waals surface area (Å²) in [6.45, 7) is 6.30. The lowest BCUT2D eigenvalue weighted by atomic mass is 10.0. The Balaban J connectivity index is 1.90. The molecule has 0 bridgehead atoms. The van der Waals surface area contributed by atoms with Gasteiger partial charge in [0.1, 0.15) is 6.61 Å². The fraction of sp³-hybridized carbons (Fsp3) is 0.412. The van der Waals surface area contributed by atoms with Gasteiger partial charge in [0.15, 0.2) is 0 Å². The molecule has 23 heavy (non-hydrogen) atoms. The standard InChI is InChI=1S/C17H21NO4S/c1-4-21-14(19)10-13-15(17(2,3)23-13)18-16(20)22-11-12-8-6-5-7-9-12/h5-10,15H,4,11H2,1-3H3,(H,18,20)/b13-10+/t15-/m1/s1. The molecule has 5 nitrogen and oxygen atoms in total. The van der Waals surface area contributed by atoms with Crippen molar-refractivity contribution in [3.8, 4) is 0 Å². The van der Waals surface area contributed by atoms with E-state index in [1.807, 2.05) is 44.2 Å². The highest BCUT2D eigenvalue weighted by atomic mass is 32.2. The molecule has 0 unspecified atom stereocenters. The highest BCUT2D eigenvalue weighted by Gasteiger charge is 2.46. The third kappa shape index (κ3) is 4.76. The first-order valence-electron chi connectivity index (χ1n) is 7.47. The van der Waals surface area contributed by atoms with Crippen molar-refractivity contribution in [2.24, 2.45) is 0 Å². The van der Waals surface area contributed by atoms with Crippen molar-refractivity contribution in [2.45, 2.75) is 38.2 Å². The molecule has 1 aromatic carbocycles. The Labute approximate surface area is 140 Å². The quantitative estimate of drug-likeness (QED) is 0.661. The second-order valence-corrected chi connectivity index (χ2v) is 7.37. The molecule has 0 aromatic heterocycles. The van der Waals surface area contributed by atoms with Gasteiger partial charge in [-0.2, -0.15) is 0 Å². The molecule has 1 aliphatic heterocycles. The van der Waals surface area contributed by atoms with Crippen LogP contribution < -0.4 is 5.32 Å². The number of esters is 1. The normalized spacial score (nSPS) is 20.5. The Hall–Kier alpha value is -1.95. The molecule has 0 spiro atoms. The zero-order chi connectivity index (χ0) is 16.9. The van der Waals surface area contributed by atoms with E-state index in [0.29, 0.717) is 6.61 Å². The van der Waals surface area contributed by atoms with Crippen molar-refractivity contribution < 1.29 is 19.1 Å². The average molecular weight is 335 g/mol. The Morgan fingerprint density at radius 2 is 1.96 bits per heavy atom. The number of hydrogen-bond acceptors (Lipinski definition) is 5. The fourth-order valence-electron chi connectivity index (χ4n) is 2.25. The highest BCUT2D eigenvalue weighted by molar-refractivity contribution is 8.06. The van der Waals surface area contributed by atoms with Gasteiger partial charge in [0.25, 0.3) is 0 Å². The Morgan fingerprint density at radius 3 is 2.57 bits per heavy atom. The number of alkyl carbamates (subject to hydrolysis) is 1. The van der Waals surface area contributed by atoms with E-state index in [0.717, 1.165) is 10.5 Å². The zero-order valence-electron chi connectivity index (χ0n) is 13.5. The first-order chi connectivity index (χ1) is 10.9. The number of carbonyl (C=O) groups excluding carboxylic acids is 2. The van der Waals surface area contributed by atoms with Crippen LogP contribution in [0.1, 0.15) is 26.3 Å². The second kappa shape index (κ2) is 7.55. The summed E-state index contributed by atoms with van der Waals surface area (Å²) in [5.41, 5.74) is 0.923. The van der Waals surface area contributed by atoms with Crippen molar-refractivity contribution in [3.63, 3.8) is 0 Å². The molecule has 0 saturated carbocycles. The van der Waals surface area contributed by atoms with Crippen LogP contribution in [0.15, 0.2) is 41.3 Å². The van der Waals surface area contributed by atoms with Crippen LogP contribution in [0.4, 0.5) is 4.79 Å². The van der Waals surface area contributed by atoms with Crippen molar-refractivity contribution >= 4 is 23.8 Å². The van der Waals surface area contributed by atoms with Gasteiger partial charge in [-0.15, -0.1) is 11.8 Å². The molecule has 1 atom stereocenters. The van der Waals surface area contributed by atoms with E-state index in [9.17, 15) is 9.59 Å². The molecule has 1 amide bonds. The minimum Gasteiger partial charge on any atom is -0.463 e. The summed E-state index contributed by atoms with van der Waals surface area (Å²) in [5, 5.41) is 2.82. The molecule has 0 aliphatic carbocycles. The van der Waals surface area contributed by atoms with Gasteiger partial charge >= 0.3 is 12.1 Å². The predicted molar refractivity (Wildman–Crippen MR) is 89.9 cm³/mol. The maximum Gasteiger partial charge on any atom is 0.408 e. The lowest BCUT2D eigenvalue weighted by molar-refractivity contribution is -0.137. The van der Waals surface area contributed by atoms with E-state index >= 15 is 0 Å². The summed E-state index contributed by atoms with van der Waals surface area (Å²) in [5.74, 6) is -0.394. The highest BCUT2D eigenvalue weighted by Crippen LogP contribution is 2.49. The summed E-state index contributed by atoms with van der Waals surface area (Å²) in [6, 6.07) is 9.22. The Morgan fingerprint density at radius 1 is 1.26 bits per heavy atom. The van der Waals surface area contributed by atoms with Gasteiger partial charge in [-0.1, -0.05) is 30.3 Å². The van der Waals surface area contributed by atoms with Gasteiger partial charge in [0.05, 0.1) is 12.6 Å². The molecule has 2 rings (SSSR count). The molecule has 6 heteroatoms.